The summed E-state index contributed by atoms with van der Waals surface area (Å²) in [5.41, 5.74) is 3.85. The lowest BCUT2D eigenvalue weighted by atomic mass is 9.94. The first kappa shape index (κ1) is 25.0. The summed E-state index contributed by atoms with van der Waals surface area (Å²) in [6.45, 7) is 0.580. The van der Waals surface area contributed by atoms with Gasteiger partial charge in [0.1, 0.15) is 0 Å². The van der Waals surface area contributed by atoms with Crippen LogP contribution in [0.15, 0.2) is 121 Å². The maximum Gasteiger partial charge on any atom is 0.256 e. The van der Waals surface area contributed by atoms with Crippen LogP contribution < -0.4 is 5.32 Å². The van der Waals surface area contributed by atoms with Crippen LogP contribution in [0.4, 0.5) is 0 Å². The number of carbonyl (C=O) groups excluding carboxylic acids is 2. The molecular formula is C33H30N2O4. The zero-order chi connectivity index (χ0) is 26.7. The highest BCUT2D eigenvalue weighted by atomic mass is 16.8. The second-order valence-corrected chi connectivity index (χ2v) is 9.91. The van der Waals surface area contributed by atoms with Crippen molar-refractivity contribution in [3.63, 3.8) is 0 Å². The molecule has 0 aromatic heterocycles. The zero-order valence-corrected chi connectivity index (χ0v) is 21.5. The normalized spacial score (nSPS) is 22.2. The number of morpholine rings is 1. The van der Waals surface area contributed by atoms with Gasteiger partial charge in [-0.15, -0.1) is 0 Å². The summed E-state index contributed by atoms with van der Waals surface area (Å²) in [5, 5.41) is 2.97. The van der Waals surface area contributed by atoms with Gasteiger partial charge in [0.15, 0.2) is 12.2 Å². The first-order valence-electron chi connectivity index (χ1n) is 13.3. The highest BCUT2D eigenvalue weighted by Gasteiger charge is 2.61. The van der Waals surface area contributed by atoms with E-state index in [2.05, 4.69) is 5.32 Å². The van der Waals surface area contributed by atoms with Crippen LogP contribution in [0.5, 0.6) is 0 Å². The number of hydrogen-bond acceptors (Lipinski definition) is 4. The predicted octanol–water partition coefficient (Wildman–Crippen LogP) is 4.61. The van der Waals surface area contributed by atoms with E-state index in [9.17, 15) is 9.59 Å². The Morgan fingerprint density at radius 3 is 1.92 bits per heavy atom. The van der Waals surface area contributed by atoms with E-state index in [-0.39, 0.29) is 24.4 Å². The van der Waals surface area contributed by atoms with Crippen molar-refractivity contribution in [2.24, 2.45) is 0 Å². The summed E-state index contributed by atoms with van der Waals surface area (Å²) in [7, 11) is 0. The second-order valence-electron chi connectivity index (χ2n) is 9.91. The van der Waals surface area contributed by atoms with Crippen LogP contribution in [0.1, 0.15) is 28.3 Å². The highest BCUT2D eigenvalue weighted by Crippen LogP contribution is 2.46. The van der Waals surface area contributed by atoms with Gasteiger partial charge in [-0.1, -0.05) is 121 Å². The number of benzene rings is 4. The van der Waals surface area contributed by atoms with Crippen molar-refractivity contribution in [3.8, 4) is 0 Å². The van der Waals surface area contributed by atoms with Gasteiger partial charge in [-0.05, 0) is 23.1 Å². The molecule has 196 valence electrons. The molecule has 0 unspecified atom stereocenters. The molecule has 4 aromatic rings. The molecule has 0 aliphatic carbocycles. The molecule has 3 atom stereocenters. The highest BCUT2D eigenvalue weighted by molar-refractivity contribution is 5.93. The molecular weight excluding hydrogens is 488 g/mol. The Morgan fingerprint density at radius 1 is 0.795 bits per heavy atom. The van der Waals surface area contributed by atoms with Crippen LogP contribution in [0.3, 0.4) is 0 Å². The Morgan fingerprint density at radius 2 is 1.33 bits per heavy atom. The summed E-state index contributed by atoms with van der Waals surface area (Å²) < 4.78 is 12.8. The van der Waals surface area contributed by atoms with Crippen molar-refractivity contribution in [3.05, 3.63) is 144 Å². The Bertz CT molecular complexity index is 1380. The maximum atomic E-state index is 14.1. The zero-order valence-electron chi connectivity index (χ0n) is 21.5. The quantitative estimate of drug-likeness (QED) is 0.370. The first-order valence-corrected chi connectivity index (χ1v) is 13.3. The van der Waals surface area contributed by atoms with Gasteiger partial charge in [0.25, 0.3) is 11.8 Å². The van der Waals surface area contributed by atoms with Gasteiger partial charge >= 0.3 is 0 Å². The van der Waals surface area contributed by atoms with Crippen LogP contribution in [0.2, 0.25) is 0 Å². The van der Waals surface area contributed by atoms with E-state index < -0.39 is 18.0 Å². The third kappa shape index (κ3) is 4.97. The Balaban J connectivity index is 1.33. The van der Waals surface area contributed by atoms with Gasteiger partial charge < -0.3 is 19.7 Å². The molecule has 2 saturated heterocycles. The number of nitrogens with one attached hydrogen (secondary N) is 1. The second kappa shape index (κ2) is 10.8. The lowest BCUT2D eigenvalue weighted by Crippen LogP contribution is -2.55. The fourth-order valence-electron chi connectivity index (χ4n) is 5.51. The smallest absolute Gasteiger partial charge is 0.256 e. The van der Waals surface area contributed by atoms with Gasteiger partial charge in [0.2, 0.25) is 5.79 Å². The molecule has 6 heteroatoms. The third-order valence-electron chi connectivity index (χ3n) is 7.38. The van der Waals surface area contributed by atoms with E-state index in [0.29, 0.717) is 13.0 Å². The number of rotatable bonds is 8. The molecule has 0 spiro atoms. The molecule has 2 heterocycles. The molecule has 39 heavy (non-hydrogen) atoms. The molecule has 2 aliphatic heterocycles. The van der Waals surface area contributed by atoms with Crippen molar-refractivity contribution >= 4 is 11.8 Å². The summed E-state index contributed by atoms with van der Waals surface area (Å²) in [6, 6.07) is 39.0. The van der Waals surface area contributed by atoms with E-state index in [1.807, 2.05) is 126 Å². The molecule has 2 amide bonds. The van der Waals surface area contributed by atoms with E-state index in [1.165, 1.54) is 0 Å². The topological polar surface area (TPSA) is 67.9 Å². The number of fused-ring (bicyclic) bond motifs is 2. The predicted molar refractivity (Wildman–Crippen MR) is 147 cm³/mol. The van der Waals surface area contributed by atoms with Crippen molar-refractivity contribution in [2.75, 3.05) is 13.1 Å². The molecule has 2 fully saturated rings. The molecule has 4 aromatic carbocycles. The Kier molecular flexibility index (Phi) is 6.97. The van der Waals surface area contributed by atoms with Crippen molar-refractivity contribution in [1.82, 2.24) is 10.2 Å². The fraction of sp³-hybridized carbons (Fsp3) is 0.212. The van der Waals surface area contributed by atoms with Crippen LogP contribution in [-0.2, 0) is 31.3 Å². The van der Waals surface area contributed by atoms with Crippen LogP contribution in [-0.4, -0.2) is 42.0 Å². The van der Waals surface area contributed by atoms with Crippen molar-refractivity contribution < 1.29 is 19.1 Å². The van der Waals surface area contributed by atoms with Gasteiger partial charge in [-0.2, -0.15) is 0 Å². The van der Waals surface area contributed by atoms with E-state index >= 15 is 0 Å². The molecule has 0 saturated carbocycles. The van der Waals surface area contributed by atoms with E-state index in [1.54, 1.807) is 0 Å². The molecule has 1 N–H and O–H groups in total. The monoisotopic (exact) mass is 518 g/mol. The van der Waals surface area contributed by atoms with Crippen molar-refractivity contribution in [2.45, 2.75) is 30.5 Å². The standard InChI is InChI=1S/C33H30N2O4/c36-31(34-22-21-24-13-5-1-6-14-24)29-30-32(37)35(23-33(38-29,39-30)27-19-11-4-12-20-27)28(25-15-7-2-8-16-25)26-17-9-3-10-18-26/h1-20,28-30H,21-23H2,(H,34,36)/t29-,30+,33-/m1/s1. The Hall–Kier alpha value is -4.26. The third-order valence-corrected chi connectivity index (χ3v) is 7.38. The van der Waals surface area contributed by atoms with Gasteiger partial charge in [0, 0.05) is 12.1 Å². The van der Waals surface area contributed by atoms with Crippen LogP contribution in [0.25, 0.3) is 0 Å². The molecule has 0 radical (unpaired) electrons. The maximum absolute atomic E-state index is 14.1. The van der Waals surface area contributed by atoms with Gasteiger partial charge in [-0.3, -0.25) is 9.59 Å². The number of carbonyl (C=O) groups is 2. The summed E-state index contributed by atoms with van der Waals surface area (Å²) in [5.74, 6) is -1.87. The molecule has 6 rings (SSSR count). The molecule has 2 bridgehead atoms. The number of ether oxygens (including phenoxy) is 2. The van der Waals surface area contributed by atoms with Crippen LogP contribution >= 0.6 is 0 Å². The minimum Gasteiger partial charge on any atom is -0.353 e. The SMILES string of the molecule is O=C(NCCc1ccccc1)[C@@H]1O[C@]2(c3ccccc3)CN(C(c3ccccc3)c3ccccc3)C(=O)[C@H]1O2. The van der Waals surface area contributed by atoms with Gasteiger partial charge in [-0.25, -0.2) is 0 Å². The molecule has 6 nitrogen and oxygen atoms in total. The minimum absolute atomic E-state index is 0.147. The lowest BCUT2D eigenvalue weighted by molar-refractivity contribution is -0.220. The van der Waals surface area contributed by atoms with Crippen molar-refractivity contribution in [1.29, 1.82) is 0 Å². The summed E-state index contributed by atoms with van der Waals surface area (Å²) >= 11 is 0. The number of hydrogen-bond donors (Lipinski definition) is 1. The summed E-state index contributed by atoms with van der Waals surface area (Å²) in [4.78, 5) is 29.3. The average molecular weight is 519 g/mol. The average Bonchev–Trinajstić information content (AvgIpc) is 3.34. The van der Waals surface area contributed by atoms with Gasteiger partial charge in [0.05, 0.1) is 12.6 Å². The Labute approximate surface area is 228 Å². The lowest BCUT2D eigenvalue weighted by Gasteiger charge is -2.42. The fourth-order valence-corrected chi connectivity index (χ4v) is 5.51. The van der Waals surface area contributed by atoms with Crippen LogP contribution in [0, 0.1) is 0 Å². The summed E-state index contributed by atoms with van der Waals surface area (Å²) in [6.07, 6.45) is -1.45. The first-order chi connectivity index (χ1) is 19.1. The van der Waals surface area contributed by atoms with E-state index in [0.717, 1.165) is 22.3 Å². The molecule has 2 aliphatic rings. The number of amides is 2. The minimum atomic E-state index is -1.26. The van der Waals surface area contributed by atoms with E-state index in [4.69, 9.17) is 9.47 Å². The largest absolute Gasteiger partial charge is 0.353 e. The number of nitrogens with zero attached hydrogens (tertiary/aromatic N) is 1.